The molecule has 0 saturated heterocycles. The van der Waals surface area contributed by atoms with Gasteiger partial charge in [0.1, 0.15) is 0 Å². The van der Waals surface area contributed by atoms with Crippen molar-refractivity contribution in [3.63, 3.8) is 0 Å². The van der Waals surface area contributed by atoms with Crippen LogP contribution >= 0.6 is 0 Å². The fourth-order valence-electron chi connectivity index (χ4n) is 1.76. The lowest BCUT2D eigenvalue weighted by atomic mass is 9.89. The minimum atomic E-state index is 0.0704. The highest BCUT2D eigenvalue weighted by Gasteiger charge is 2.14. The molecule has 0 amide bonds. The Morgan fingerprint density at radius 1 is 1.73 bits per heavy atom. The summed E-state index contributed by atoms with van der Waals surface area (Å²) in [4.78, 5) is 15.1. The van der Waals surface area contributed by atoms with Crippen molar-refractivity contribution in [2.45, 2.75) is 38.6 Å². The first-order valence-electron chi connectivity index (χ1n) is 5.53. The minimum Gasteiger partial charge on any atom is -0.323 e. The first-order valence-corrected chi connectivity index (χ1v) is 5.53. The van der Waals surface area contributed by atoms with Crippen molar-refractivity contribution in [3.05, 3.63) is 12.2 Å². The molecule has 2 N–H and O–H groups in total. The van der Waals surface area contributed by atoms with Crippen molar-refractivity contribution < 1.29 is 4.79 Å². The first kappa shape index (κ1) is 12.1. The maximum Gasteiger partial charge on any atom is 0.155 e. The maximum absolute atomic E-state index is 11.0. The molecule has 0 aromatic rings. The van der Waals surface area contributed by atoms with E-state index in [1.807, 2.05) is 13.0 Å². The third-order valence-electron chi connectivity index (χ3n) is 3.05. The van der Waals surface area contributed by atoms with Gasteiger partial charge in [-0.15, -0.1) is 0 Å². The van der Waals surface area contributed by atoms with Gasteiger partial charge < -0.3 is 5.73 Å². The van der Waals surface area contributed by atoms with Gasteiger partial charge in [-0.3, -0.25) is 9.79 Å². The SMILES string of the molecule is C/N=C(\C)[C@@H](N)CC[C@H]1C=CC(=O)CC1. The number of carbonyl (C=O) groups excluding carboxylic acids is 1. The molecule has 0 fully saturated rings. The van der Waals surface area contributed by atoms with E-state index in [2.05, 4.69) is 4.99 Å². The summed E-state index contributed by atoms with van der Waals surface area (Å²) >= 11 is 0. The number of hydrogen-bond acceptors (Lipinski definition) is 3. The number of aliphatic imine (C=N–C) groups is 1. The molecule has 0 saturated carbocycles. The highest BCUT2D eigenvalue weighted by atomic mass is 16.1. The second-order valence-corrected chi connectivity index (χ2v) is 4.17. The number of hydrogen-bond donors (Lipinski definition) is 1. The molecule has 0 heterocycles. The van der Waals surface area contributed by atoms with Gasteiger partial charge in [0.05, 0.1) is 0 Å². The number of rotatable bonds is 4. The van der Waals surface area contributed by atoms with Crippen molar-refractivity contribution in [2.75, 3.05) is 7.05 Å². The van der Waals surface area contributed by atoms with E-state index >= 15 is 0 Å². The highest BCUT2D eigenvalue weighted by molar-refractivity contribution is 5.90. The summed E-state index contributed by atoms with van der Waals surface area (Å²) in [6.45, 7) is 1.96. The van der Waals surface area contributed by atoms with E-state index in [9.17, 15) is 4.79 Å². The molecule has 0 aromatic carbocycles. The third-order valence-corrected chi connectivity index (χ3v) is 3.05. The molecule has 0 bridgehead atoms. The Labute approximate surface area is 91.5 Å². The molecule has 0 spiro atoms. The monoisotopic (exact) mass is 208 g/mol. The van der Waals surface area contributed by atoms with Crippen LogP contribution in [0.1, 0.15) is 32.6 Å². The predicted molar refractivity (Wildman–Crippen MR) is 63.1 cm³/mol. The average molecular weight is 208 g/mol. The Morgan fingerprint density at radius 2 is 2.47 bits per heavy atom. The van der Waals surface area contributed by atoms with Gasteiger partial charge in [0.2, 0.25) is 0 Å². The fourth-order valence-corrected chi connectivity index (χ4v) is 1.76. The van der Waals surface area contributed by atoms with Crippen LogP contribution in [0.3, 0.4) is 0 Å². The van der Waals surface area contributed by atoms with Crippen LogP contribution in [-0.4, -0.2) is 24.6 Å². The molecule has 2 atom stereocenters. The van der Waals surface area contributed by atoms with E-state index in [0.717, 1.165) is 25.0 Å². The molecule has 1 aliphatic carbocycles. The summed E-state index contributed by atoms with van der Waals surface area (Å²) in [6, 6.07) is 0.0704. The molecule has 1 aliphatic rings. The standard InChI is InChI=1S/C12H20N2O/c1-9(14-2)12(13)8-5-10-3-6-11(15)7-4-10/h3,6,10,12H,4-5,7-8,13H2,1-2H3/b14-9+/t10-,12-/m0/s1. The minimum absolute atomic E-state index is 0.0704. The maximum atomic E-state index is 11.0. The molecule has 84 valence electrons. The zero-order chi connectivity index (χ0) is 11.3. The quantitative estimate of drug-likeness (QED) is 0.715. The average Bonchev–Trinajstić information content (AvgIpc) is 2.26. The molecule has 0 aliphatic heterocycles. The largest absolute Gasteiger partial charge is 0.323 e. The van der Waals surface area contributed by atoms with Crippen LogP contribution in [0.25, 0.3) is 0 Å². The summed E-state index contributed by atoms with van der Waals surface area (Å²) < 4.78 is 0. The molecule has 1 rings (SSSR count). The summed E-state index contributed by atoms with van der Waals surface area (Å²) in [7, 11) is 1.77. The summed E-state index contributed by atoms with van der Waals surface area (Å²) in [5.41, 5.74) is 6.96. The van der Waals surface area contributed by atoms with Crippen LogP contribution in [-0.2, 0) is 4.79 Å². The van der Waals surface area contributed by atoms with E-state index in [1.165, 1.54) is 0 Å². The van der Waals surface area contributed by atoms with Crippen molar-refractivity contribution >= 4 is 11.5 Å². The van der Waals surface area contributed by atoms with Crippen molar-refractivity contribution in [2.24, 2.45) is 16.6 Å². The van der Waals surface area contributed by atoms with E-state index in [4.69, 9.17) is 5.73 Å². The van der Waals surface area contributed by atoms with Gasteiger partial charge in [0.15, 0.2) is 5.78 Å². The summed E-state index contributed by atoms with van der Waals surface area (Å²) in [5, 5.41) is 0. The lowest BCUT2D eigenvalue weighted by Gasteiger charge is -2.18. The van der Waals surface area contributed by atoms with Crippen molar-refractivity contribution in [3.8, 4) is 0 Å². The zero-order valence-electron chi connectivity index (χ0n) is 9.57. The second-order valence-electron chi connectivity index (χ2n) is 4.17. The lowest BCUT2D eigenvalue weighted by Crippen LogP contribution is -2.29. The number of carbonyl (C=O) groups is 1. The Bertz CT molecular complexity index is 281. The summed E-state index contributed by atoms with van der Waals surface area (Å²) in [6.07, 6.45) is 7.41. The normalized spacial score (nSPS) is 24.3. The van der Waals surface area contributed by atoms with Gasteiger partial charge in [0, 0.05) is 25.2 Å². The zero-order valence-corrected chi connectivity index (χ0v) is 9.57. The molecule has 0 unspecified atom stereocenters. The number of nitrogens with zero attached hydrogens (tertiary/aromatic N) is 1. The Balaban J connectivity index is 2.32. The topological polar surface area (TPSA) is 55.4 Å². The highest BCUT2D eigenvalue weighted by Crippen LogP contribution is 2.20. The van der Waals surface area contributed by atoms with Crippen LogP contribution < -0.4 is 5.73 Å². The summed E-state index contributed by atoms with van der Waals surface area (Å²) in [5.74, 6) is 0.778. The van der Waals surface area contributed by atoms with E-state index in [0.29, 0.717) is 12.3 Å². The molecular formula is C12H20N2O. The van der Waals surface area contributed by atoms with Gasteiger partial charge in [-0.2, -0.15) is 0 Å². The Kier molecular flexibility index (Phi) is 4.69. The second kappa shape index (κ2) is 5.81. The third kappa shape index (κ3) is 3.96. The molecule has 3 heteroatoms. The van der Waals surface area contributed by atoms with Crippen molar-refractivity contribution in [1.82, 2.24) is 0 Å². The van der Waals surface area contributed by atoms with Gasteiger partial charge >= 0.3 is 0 Å². The van der Waals surface area contributed by atoms with Gasteiger partial charge in [0.25, 0.3) is 0 Å². The van der Waals surface area contributed by atoms with Crippen molar-refractivity contribution in [1.29, 1.82) is 0 Å². The Morgan fingerprint density at radius 3 is 3.00 bits per heavy atom. The number of allylic oxidation sites excluding steroid dienone is 2. The number of ketones is 1. The van der Waals surface area contributed by atoms with Crippen LogP contribution in [0, 0.1) is 5.92 Å². The van der Waals surface area contributed by atoms with Gasteiger partial charge in [-0.25, -0.2) is 0 Å². The molecule has 15 heavy (non-hydrogen) atoms. The first-order chi connectivity index (χ1) is 7.13. The van der Waals surface area contributed by atoms with Gasteiger partial charge in [-0.05, 0) is 38.2 Å². The van der Waals surface area contributed by atoms with Crippen LogP contribution in [0.15, 0.2) is 17.1 Å². The van der Waals surface area contributed by atoms with E-state index in [1.54, 1.807) is 13.1 Å². The molecule has 0 aromatic heterocycles. The Hall–Kier alpha value is -0.960. The van der Waals surface area contributed by atoms with Crippen LogP contribution in [0.4, 0.5) is 0 Å². The lowest BCUT2D eigenvalue weighted by molar-refractivity contribution is -0.115. The van der Waals surface area contributed by atoms with Crippen LogP contribution in [0.5, 0.6) is 0 Å². The smallest absolute Gasteiger partial charge is 0.155 e. The molecule has 3 nitrogen and oxygen atoms in total. The predicted octanol–water partition coefficient (Wildman–Crippen LogP) is 1.72. The van der Waals surface area contributed by atoms with E-state index < -0.39 is 0 Å². The number of nitrogens with two attached hydrogens (primary N) is 1. The van der Waals surface area contributed by atoms with Crippen LogP contribution in [0.2, 0.25) is 0 Å². The van der Waals surface area contributed by atoms with Gasteiger partial charge in [-0.1, -0.05) is 6.08 Å². The molecule has 0 radical (unpaired) electrons. The fraction of sp³-hybridized carbons (Fsp3) is 0.667. The molecular weight excluding hydrogens is 188 g/mol. The van der Waals surface area contributed by atoms with E-state index in [-0.39, 0.29) is 11.8 Å².